The number of hydrogen-bond donors (Lipinski definition) is 3. The molecule has 0 unspecified atom stereocenters. The van der Waals surface area contributed by atoms with Crippen molar-refractivity contribution in [3.63, 3.8) is 0 Å². The average Bonchev–Trinajstić information content (AvgIpc) is 3.63. The van der Waals surface area contributed by atoms with Crippen molar-refractivity contribution in [1.29, 1.82) is 0 Å². The van der Waals surface area contributed by atoms with Crippen molar-refractivity contribution in [2.45, 2.75) is 18.9 Å². The highest BCUT2D eigenvalue weighted by atomic mass is 19.1. The highest BCUT2D eigenvalue weighted by molar-refractivity contribution is 6.00. The molecular formula is C24H23FN8O2. The van der Waals surface area contributed by atoms with Crippen LogP contribution in [0.15, 0.2) is 55.1 Å². The van der Waals surface area contributed by atoms with Crippen LogP contribution in [-0.4, -0.2) is 44.8 Å². The highest BCUT2D eigenvalue weighted by Gasteiger charge is 2.24. The number of ether oxygens (including phenoxy) is 1. The number of nitrogens with zero attached hydrogens (tertiary/aromatic N) is 5. The molecule has 0 radical (unpaired) electrons. The lowest BCUT2D eigenvalue weighted by molar-refractivity contribution is 0.0963. The maximum absolute atomic E-state index is 13.3. The summed E-state index contributed by atoms with van der Waals surface area (Å²) in [5, 5.41) is 13.6. The van der Waals surface area contributed by atoms with Crippen LogP contribution in [-0.2, 0) is 0 Å². The first-order chi connectivity index (χ1) is 17.1. The van der Waals surface area contributed by atoms with Gasteiger partial charge in [-0.2, -0.15) is 5.10 Å². The van der Waals surface area contributed by atoms with Gasteiger partial charge >= 0.3 is 0 Å². The number of carbonyl (C=O) groups excluding carboxylic acids is 1. The topological polar surface area (TPSA) is 119 Å². The SMILES string of the molecule is CNC(=O)c1cnc(Nc2ccn(C3CC3)n2)cc1Nc1cccc(-c2ncc(F)cn2)c1OC. The maximum Gasteiger partial charge on any atom is 0.254 e. The summed E-state index contributed by atoms with van der Waals surface area (Å²) in [6.07, 6.45) is 7.89. The van der Waals surface area contributed by atoms with Gasteiger partial charge in [0.15, 0.2) is 23.2 Å². The van der Waals surface area contributed by atoms with E-state index < -0.39 is 5.82 Å². The number of rotatable bonds is 8. The van der Waals surface area contributed by atoms with Crippen molar-refractivity contribution in [2.75, 3.05) is 24.8 Å². The van der Waals surface area contributed by atoms with E-state index in [1.807, 2.05) is 16.9 Å². The Labute approximate surface area is 200 Å². The first-order valence-corrected chi connectivity index (χ1v) is 11.0. The zero-order valence-electron chi connectivity index (χ0n) is 19.1. The van der Waals surface area contributed by atoms with E-state index in [-0.39, 0.29) is 5.91 Å². The standard InChI is InChI=1S/C24H23FN8O2/c1-26-24(34)17-13-27-21(31-20-8-9-33(32-20)15-6-7-15)10-19(17)30-18-5-3-4-16(22(18)35-2)23-28-11-14(25)12-29-23/h3-5,8-13,15H,6-7H2,1-2H3,(H,26,34)(H2,27,30,31,32). The third kappa shape index (κ3) is 4.74. The molecule has 4 aromatic rings. The summed E-state index contributed by atoms with van der Waals surface area (Å²) in [7, 11) is 3.07. The summed E-state index contributed by atoms with van der Waals surface area (Å²) >= 11 is 0. The largest absolute Gasteiger partial charge is 0.494 e. The Morgan fingerprint density at radius 1 is 1.06 bits per heavy atom. The van der Waals surface area contributed by atoms with Gasteiger partial charge in [0.2, 0.25) is 0 Å². The second kappa shape index (κ2) is 9.37. The summed E-state index contributed by atoms with van der Waals surface area (Å²) in [4.78, 5) is 25.0. The van der Waals surface area contributed by atoms with Crippen LogP contribution >= 0.6 is 0 Å². The molecule has 1 fully saturated rings. The molecule has 0 aliphatic heterocycles. The van der Waals surface area contributed by atoms with E-state index >= 15 is 0 Å². The fourth-order valence-corrected chi connectivity index (χ4v) is 3.65. The van der Waals surface area contributed by atoms with Gasteiger partial charge in [-0.25, -0.2) is 19.3 Å². The molecule has 0 atom stereocenters. The van der Waals surface area contributed by atoms with Crippen LogP contribution in [0.2, 0.25) is 0 Å². The van der Waals surface area contributed by atoms with Gasteiger partial charge in [-0.15, -0.1) is 0 Å². The molecule has 1 aromatic carbocycles. The predicted octanol–water partition coefficient (Wildman–Crippen LogP) is 4.06. The first kappa shape index (κ1) is 22.3. The fourth-order valence-electron chi connectivity index (χ4n) is 3.65. The summed E-state index contributed by atoms with van der Waals surface area (Å²) in [6.45, 7) is 0. The van der Waals surface area contributed by atoms with Gasteiger partial charge in [0.05, 0.1) is 48.0 Å². The van der Waals surface area contributed by atoms with Crippen molar-refractivity contribution < 1.29 is 13.9 Å². The monoisotopic (exact) mass is 474 g/mol. The molecule has 10 nitrogen and oxygen atoms in total. The van der Waals surface area contributed by atoms with E-state index in [1.54, 1.807) is 31.3 Å². The van der Waals surface area contributed by atoms with Crippen molar-refractivity contribution in [2.24, 2.45) is 0 Å². The van der Waals surface area contributed by atoms with Crippen LogP contribution < -0.4 is 20.7 Å². The Hall–Kier alpha value is -4.54. The molecule has 1 aliphatic carbocycles. The van der Waals surface area contributed by atoms with Crippen molar-refractivity contribution in [3.05, 3.63) is 66.5 Å². The molecule has 5 rings (SSSR count). The van der Waals surface area contributed by atoms with Gasteiger partial charge in [-0.1, -0.05) is 6.07 Å². The quantitative estimate of drug-likeness (QED) is 0.350. The Morgan fingerprint density at radius 2 is 1.86 bits per heavy atom. The molecule has 0 saturated heterocycles. The van der Waals surface area contributed by atoms with E-state index in [4.69, 9.17) is 4.74 Å². The molecule has 1 aliphatic rings. The Balaban J connectivity index is 1.49. The Morgan fingerprint density at radius 3 is 2.57 bits per heavy atom. The Kier molecular flexibility index (Phi) is 5.96. The minimum absolute atomic E-state index is 0.304. The summed E-state index contributed by atoms with van der Waals surface area (Å²) in [6, 6.07) is 9.43. The Bertz CT molecular complexity index is 1370. The number of carbonyl (C=O) groups is 1. The minimum Gasteiger partial charge on any atom is -0.494 e. The van der Waals surface area contributed by atoms with Crippen LogP contribution in [0, 0.1) is 5.82 Å². The van der Waals surface area contributed by atoms with Gasteiger partial charge in [0.25, 0.3) is 5.91 Å². The van der Waals surface area contributed by atoms with E-state index in [2.05, 4.69) is 36.0 Å². The lowest BCUT2D eigenvalue weighted by Crippen LogP contribution is -2.19. The molecular weight excluding hydrogens is 451 g/mol. The number of anilines is 4. The molecule has 3 N–H and O–H groups in total. The average molecular weight is 475 g/mol. The number of pyridine rings is 1. The second-order valence-corrected chi connectivity index (χ2v) is 7.97. The molecule has 11 heteroatoms. The highest BCUT2D eigenvalue weighted by Crippen LogP contribution is 2.38. The number of methoxy groups -OCH3 is 1. The van der Waals surface area contributed by atoms with Crippen LogP contribution in [0.1, 0.15) is 29.2 Å². The number of nitrogens with one attached hydrogen (secondary N) is 3. The maximum atomic E-state index is 13.3. The molecule has 3 aromatic heterocycles. The third-order valence-electron chi connectivity index (χ3n) is 5.51. The normalized spacial score (nSPS) is 12.8. The fraction of sp³-hybridized carbons (Fsp3) is 0.208. The second-order valence-electron chi connectivity index (χ2n) is 7.97. The molecule has 0 bridgehead atoms. The van der Waals surface area contributed by atoms with Gasteiger partial charge < -0.3 is 20.7 Å². The number of benzene rings is 1. The number of halogens is 1. The zero-order chi connectivity index (χ0) is 24.4. The molecule has 1 saturated carbocycles. The van der Waals surface area contributed by atoms with E-state index in [0.29, 0.717) is 51.8 Å². The molecule has 1 amide bonds. The van der Waals surface area contributed by atoms with Gasteiger partial charge in [-0.3, -0.25) is 9.48 Å². The summed E-state index contributed by atoms with van der Waals surface area (Å²) in [5.74, 6) is 1.09. The molecule has 3 heterocycles. The van der Waals surface area contributed by atoms with Crippen LogP contribution in [0.4, 0.5) is 27.4 Å². The van der Waals surface area contributed by atoms with Crippen molar-refractivity contribution in [1.82, 2.24) is 30.0 Å². The minimum atomic E-state index is -0.531. The van der Waals surface area contributed by atoms with Crippen molar-refractivity contribution in [3.8, 4) is 17.1 Å². The smallest absolute Gasteiger partial charge is 0.254 e. The summed E-state index contributed by atoms with van der Waals surface area (Å²) in [5.41, 5.74) is 1.97. The summed E-state index contributed by atoms with van der Waals surface area (Å²) < 4.78 is 20.9. The van der Waals surface area contributed by atoms with Gasteiger partial charge in [-0.05, 0) is 25.0 Å². The van der Waals surface area contributed by atoms with E-state index in [0.717, 1.165) is 25.2 Å². The predicted molar refractivity (Wildman–Crippen MR) is 129 cm³/mol. The van der Waals surface area contributed by atoms with Gasteiger partial charge in [0.1, 0.15) is 5.82 Å². The van der Waals surface area contributed by atoms with Crippen LogP contribution in [0.25, 0.3) is 11.4 Å². The molecule has 0 spiro atoms. The van der Waals surface area contributed by atoms with Crippen LogP contribution in [0.3, 0.4) is 0 Å². The van der Waals surface area contributed by atoms with Crippen LogP contribution in [0.5, 0.6) is 5.75 Å². The van der Waals surface area contributed by atoms with E-state index in [9.17, 15) is 9.18 Å². The number of amides is 1. The zero-order valence-corrected chi connectivity index (χ0v) is 19.1. The first-order valence-electron chi connectivity index (χ1n) is 11.0. The lowest BCUT2D eigenvalue weighted by atomic mass is 10.1. The lowest BCUT2D eigenvalue weighted by Gasteiger charge is -2.17. The van der Waals surface area contributed by atoms with E-state index in [1.165, 1.54) is 13.3 Å². The number of aromatic nitrogens is 5. The number of para-hydroxylation sites is 1. The third-order valence-corrected chi connectivity index (χ3v) is 5.51. The molecule has 35 heavy (non-hydrogen) atoms. The number of hydrogen-bond acceptors (Lipinski definition) is 8. The van der Waals surface area contributed by atoms with Crippen molar-refractivity contribution >= 4 is 28.9 Å². The van der Waals surface area contributed by atoms with Gasteiger partial charge in [0, 0.05) is 31.6 Å². The molecule has 178 valence electrons.